The van der Waals surface area contributed by atoms with Gasteiger partial charge in [-0.3, -0.25) is 4.79 Å². The van der Waals surface area contributed by atoms with E-state index in [2.05, 4.69) is 11.4 Å². The molecule has 0 saturated heterocycles. The maximum absolute atomic E-state index is 12.1. The molecule has 172 valence electrons. The highest BCUT2D eigenvalue weighted by Crippen LogP contribution is 2.28. The predicted molar refractivity (Wildman–Crippen MR) is 125 cm³/mol. The van der Waals surface area contributed by atoms with Crippen molar-refractivity contribution in [2.24, 2.45) is 0 Å². The van der Waals surface area contributed by atoms with Crippen LogP contribution >= 0.6 is 0 Å². The third-order valence-corrected chi connectivity index (χ3v) is 6.28. The Balaban J connectivity index is 1.66. The molecule has 0 spiro atoms. The lowest BCUT2D eigenvalue weighted by Crippen LogP contribution is -2.42. The first-order valence-electron chi connectivity index (χ1n) is 11.0. The van der Waals surface area contributed by atoms with Crippen molar-refractivity contribution in [3.63, 3.8) is 0 Å². The largest absolute Gasteiger partial charge is 0.496 e. The summed E-state index contributed by atoms with van der Waals surface area (Å²) < 4.78 is 5.57. The minimum atomic E-state index is -0.859. The molecular formula is C25H33N3O4. The van der Waals surface area contributed by atoms with Crippen LogP contribution in [0.15, 0.2) is 42.5 Å². The zero-order valence-corrected chi connectivity index (χ0v) is 19.3. The van der Waals surface area contributed by atoms with E-state index >= 15 is 0 Å². The highest BCUT2D eigenvalue weighted by atomic mass is 16.5. The molecular weight excluding hydrogens is 406 g/mol. The van der Waals surface area contributed by atoms with Crippen LogP contribution in [0, 0.1) is 0 Å². The Morgan fingerprint density at radius 3 is 2.19 bits per heavy atom. The van der Waals surface area contributed by atoms with Gasteiger partial charge in [0.05, 0.1) is 7.11 Å². The first kappa shape index (κ1) is 23.6. The average Bonchev–Trinajstić information content (AvgIpc) is 2.81. The first-order valence-corrected chi connectivity index (χ1v) is 11.0. The number of hydrogen-bond donors (Lipinski definition) is 2. The molecule has 3 rings (SSSR count). The molecule has 7 nitrogen and oxygen atoms in total. The van der Waals surface area contributed by atoms with Gasteiger partial charge >= 0.3 is 6.09 Å². The summed E-state index contributed by atoms with van der Waals surface area (Å²) in [6, 6.07) is 14.2. The van der Waals surface area contributed by atoms with Crippen molar-refractivity contribution in [1.82, 2.24) is 15.1 Å². The third-order valence-electron chi connectivity index (χ3n) is 6.28. The molecule has 0 heterocycles. The van der Waals surface area contributed by atoms with Gasteiger partial charge in [-0.15, -0.1) is 0 Å². The smallest absolute Gasteiger partial charge is 0.407 e. The van der Waals surface area contributed by atoms with E-state index in [1.807, 2.05) is 36.4 Å². The Morgan fingerprint density at radius 2 is 1.62 bits per heavy atom. The number of carbonyl (C=O) groups excluding carboxylic acids is 1. The summed E-state index contributed by atoms with van der Waals surface area (Å²) in [7, 11) is 6.82. The molecule has 0 aromatic heterocycles. The minimum Gasteiger partial charge on any atom is -0.496 e. The normalized spacial score (nSPS) is 18.1. The molecule has 2 N–H and O–H groups in total. The monoisotopic (exact) mass is 439 g/mol. The Kier molecular flexibility index (Phi) is 7.75. The zero-order chi connectivity index (χ0) is 23.3. The van der Waals surface area contributed by atoms with E-state index in [4.69, 9.17) is 4.74 Å². The van der Waals surface area contributed by atoms with Gasteiger partial charge in [0.1, 0.15) is 5.75 Å². The van der Waals surface area contributed by atoms with Crippen molar-refractivity contribution in [2.45, 2.75) is 44.3 Å². The zero-order valence-electron chi connectivity index (χ0n) is 19.3. The van der Waals surface area contributed by atoms with Crippen molar-refractivity contribution < 1.29 is 19.4 Å². The van der Waals surface area contributed by atoms with Crippen LogP contribution in [-0.2, 0) is 6.54 Å². The quantitative estimate of drug-likeness (QED) is 0.680. The molecule has 0 atom stereocenters. The second-order valence-electron chi connectivity index (χ2n) is 8.58. The van der Waals surface area contributed by atoms with Crippen LogP contribution < -0.4 is 10.1 Å². The second-order valence-corrected chi connectivity index (χ2v) is 8.58. The summed E-state index contributed by atoms with van der Waals surface area (Å²) in [5, 5.41) is 12.8. The van der Waals surface area contributed by atoms with Gasteiger partial charge in [0.15, 0.2) is 0 Å². The number of ether oxygens (including phenoxy) is 1. The lowest BCUT2D eigenvalue weighted by atomic mass is 9.90. The number of carbonyl (C=O) groups is 2. The Bertz CT molecular complexity index is 935. The SMILES string of the molecule is COc1ccc(-c2ccc(C(=O)N(C)C)cc2)cc1CNC1CCC(N(C)C(=O)O)CC1. The van der Waals surface area contributed by atoms with Crippen LogP contribution in [0.2, 0.25) is 0 Å². The predicted octanol–water partition coefficient (Wildman–Crippen LogP) is 4.07. The number of rotatable bonds is 7. The summed E-state index contributed by atoms with van der Waals surface area (Å²) in [6.07, 6.45) is 2.78. The molecule has 0 bridgehead atoms. The van der Waals surface area contributed by atoms with E-state index in [1.165, 1.54) is 4.90 Å². The molecule has 0 unspecified atom stereocenters. The van der Waals surface area contributed by atoms with Crippen molar-refractivity contribution in [3.05, 3.63) is 53.6 Å². The first-order chi connectivity index (χ1) is 15.3. The number of benzene rings is 2. The van der Waals surface area contributed by atoms with Crippen LogP contribution in [0.5, 0.6) is 5.75 Å². The van der Waals surface area contributed by atoms with Crippen molar-refractivity contribution in [1.29, 1.82) is 0 Å². The molecule has 0 radical (unpaired) electrons. The lowest BCUT2D eigenvalue weighted by molar-refractivity contribution is 0.0827. The van der Waals surface area contributed by atoms with E-state index in [-0.39, 0.29) is 11.9 Å². The number of amides is 2. The van der Waals surface area contributed by atoms with Crippen LogP contribution in [0.4, 0.5) is 4.79 Å². The summed E-state index contributed by atoms with van der Waals surface area (Å²) in [5.41, 5.74) is 3.85. The lowest BCUT2D eigenvalue weighted by Gasteiger charge is -2.33. The molecule has 1 aliphatic carbocycles. The maximum Gasteiger partial charge on any atom is 0.407 e. The standard InChI is InChI=1S/C25H33N3O4/c1-27(2)24(29)18-7-5-17(6-8-18)19-9-14-23(32-4)20(15-19)16-26-21-10-12-22(13-11-21)28(3)25(30)31/h5-9,14-15,21-22,26H,10-13,16H2,1-4H3,(H,30,31). The van der Waals surface area contributed by atoms with Crippen molar-refractivity contribution in [2.75, 3.05) is 28.3 Å². The summed E-state index contributed by atoms with van der Waals surface area (Å²) in [5.74, 6) is 0.820. The van der Waals surface area contributed by atoms with Gasteiger partial charge in [-0.1, -0.05) is 18.2 Å². The maximum atomic E-state index is 12.1. The van der Waals surface area contributed by atoms with Crippen LogP contribution in [-0.4, -0.2) is 67.2 Å². The summed E-state index contributed by atoms with van der Waals surface area (Å²) >= 11 is 0. The Labute approximate surface area is 190 Å². The number of nitrogens with one attached hydrogen (secondary N) is 1. The van der Waals surface area contributed by atoms with E-state index in [0.717, 1.165) is 48.1 Å². The van der Waals surface area contributed by atoms with E-state index in [1.54, 1.807) is 33.2 Å². The average molecular weight is 440 g/mol. The van der Waals surface area contributed by atoms with Gasteiger partial charge in [0, 0.05) is 50.9 Å². The van der Waals surface area contributed by atoms with E-state index in [9.17, 15) is 14.7 Å². The van der Waals surface area contributed by atoms with Gasteiger partial charge in [-0.05, 0) is 61.1 Å². The summed E-state index contributed by atoms with van der Waals surface area (Å²) in [4.78, 5) is 26.3. The van der Waals surface area contributed by atoms with Crippen molar-refractivity contribution >= 4 is 12.0 Å². The topological polar surface area (TPSA) is 82.1 Å². The molecule has 0 aliphatic heterocycles. The molecule has 1 aliphatic rings. The fourth-order valence-corrected chi connectivity index (χ4v) is 4.24. The molecule has 1 saturated carbocycles. The fraction of sp³-hybridized carbons (Fsp3) is 0.440. The Hall–Kier alpha value is -3.06. The van der Waals surface area contributed by atoms with Gasteiger partial charge < -0.3 is 25.0 Å². The second kappa shape index (κ2) is 10.5. The molecule has 32 heavy (non-hydrogen) atoms. The van der Waals surface area contributed by atoms with Crippen molar-refractivity contribution in [3.8, 4) is 16.9 Å². The third kappa shape index (κ3) is 5.59. The molecule has 1 fully saturated rings. The van der Waals surface area contributed by atoms with E-state index < -0.39 is 6.09 Å². The molecule has 2 aromatic carbocycles. The Morgan fingerprint density at radius 1 is 1.00 bits per heavy atom. The number of nitrogens with zero attached hydrogens (tertiary/aromatic N) is 2. The van der Waals surface area contributed by atoms with Crippen LogP contribution in [0.3, 0.4) is 0 Å². The van der Waals surface area contributed by atoms with Crippen LogP contribution in [0.1, 0.15) is 41.6 Å². The van der Waals surface area contributed by atoms with E-state index in [0.29, 0.717) is 18.2 Å². The highest BCUT2D eigenvalue weighted by Gasteiger charge is 2.26. The number of carboxylic acid groups (broad SMARTS) is 1. The number of hydrogen-bond acceptors (Lipinski definition) is 4. The molecule has 7 heteroatoms. The van der Waals surface area contributed by atoms with Gasteiger partial charge in [-0.25, -0.2) is 4.79 Å². The van der Waals surface area contributed by atoms with Crippen LogP contribution in [0.25, 0.3) is 11.1 Å². The number of methoxy groups -OCH3 is 1. The summed E-state index contributed by atoms with van der Waals surface area (Å²) in [6.45, 7) is 0.679. The molecule has 2 amide bonds. The highest BCUT2D eigenvalue weighted by molar-refractivity contribution is 5.94. The van der Waals surface area contributed by atoms with Gasteiger partial charge in [0.2, 0.25) is 0 Å². The molecule has 2 aromatic rings. The minimum absolute atomic E-state index is 0.0135. The fourth-order valence-electron chi connectivity index (χ4n) is 4.24. The van der Waals surface area contributed by atoms with Gasteiger partial charge in [0.25, 0.3) is 5.91 Å². The van der Waals surface area contributed by atoms with Gasteiger partial charge in [-0.2, -0.15) is 0 Å².